The maximum absolute atomic E-state index is 12.2. The van der Waals surface area contributed by atoms with E-state index in [4.69, 9.17) is 11.6 Å². The number of amides is 2. The standard InChI is InChI=1S/C16H24ClN3O2/c1-16(2,14(21)18-9-10-20(3)4)15(22)19-11-12-5-7-13(17)8-6-12/h5-8H,9-11H2,1-4H3,(H,18,21)(H,19,22). The van der Waals surface area contributed by atoms with E-state index < -0.39 is 5.41 Å². The Morgan fingerprint density at radius 3 is 2.18 bits per heavy atom. The fourth-order valence-electron chi connectivity index (χ4n) is 1.72. The summed E-state index contributed by atoms with van der Waals surface area (Å²) >= 11 is 5.82. The van der Waals surface area contributed by atoms with E-state index in [1.54, 1.807) is 26.0 Å². The first kappa shape index (κ1) is 18.5. The summed E-state index contributed by atoms with van der Waals surface area (Å²) in [5.41, 5.74) is -0.180. The van der Waals surface area contributed by atoms with Crippen LogP contribution in [0.15, 0.2) is 24.3 Å². The van der Waals surface area contributed by atoms with Crippen LogP contribution in [0.5, 0.6) is 0 Å². The van der Waals surface area contributed by atoms with Gasteiger partial charge in [0.05, 0.1) is 0 Å². The van der Waals surface area contributed by atoms with Crippen LogP contribution in [0.25, 0.3) is 0 Å². The van der Waals surface area contributed by atoms with Crippen LogP contribution in [0.2, 0.25) is 5.02 Å². The molecule has 22 heavy (non-hydrogen) atoms. The van der Waals surface area contributed by atoms with Crippen molar-refractivity contribution in [1.82, 2.24) is 15.5 Å². The number of likely N-dealkylation sites (N-methyl/N-ethyl adjacent to an activating group) is 1. The lowest BCUT2D eigenvalue weighted by Gasteiger charge is -2.23. The topological polar surface area (TPSA) is 61.4 Å². The van der Waals surface area contributed by atoms with Crippen LogP contribution >= 0.6 is 11.6 Å². The van der Waals surface area contributed by atoms with Crippen LogP contribution in [-0.4, -0.2) is 43.9 Å². The van der Waals surface area contributed by atoms with Crippen molar-refractivity contribution in [3.05, 3.63) is 34.9 Å². The van der Waals surface area contributed by atoms with Crippen LogP contribution < -0.4 is 10.6 Å². The lowest BCUT2D eigenvalue weighted by Crippen LogP contribution is -2.48. The zero-order chi connectivity index (χ0) is 16.8. The molecule has 0 fully saturated rings. The summed E-state index contributed by atoms with van der Waals surface area (Å²) in [5.74, 6) is -0.576. The van der Waals surface area contributed by atoms with Crippen molar-refractivity contribution in [2.75, 3.05) is 27.2 Å². The van der Waals surface area contributed by atoms with E-state index in [1.165, 1.54) is 0 Å². The van der Waals surface area contributed by atoms with E-state index in [1.807, 2.05) is 31.1 Å². The van der Waals surface area contributed by atoms with Crippen LogP contribution in [0.3, 0.4) is 0 Å². The summed E-state index contributed by atoms with van der Waals surface area (Å²) in [4.78, 5) is 26.3. The normalized spacial score (nSPS) is 11.4. The van der Waals surface area contributed by atoms with Crippen LogP contribution in [-0.2, 0) is 16.1 Å². The van der Waals surface area contributed by atoms with Crippen molar-refractivity contribution in [2.24, 2.45) is 5.41 Å². The molecule has 0 aliphatic rings. The van der Waals surface area contributed by atoms with Gasteiger partial charge < -0.3 is 15.5 Å². The highest BCUT2D eigenvalue weighted by Crippen LogP contribution is 2.16. The highest BCUT2D eigenvalue weighted by Gasteiger charge is 2.35. The Kier molecular flexibility index (Phi) is 6.84. The van der Waals surface area contributed by atoms with E-state index in [0.29, 0.717) is 18.1 Å². The summed E-state index contributed by atoms with van der Waals surface area (Å²) in [5, 5.41) is 6.22. The Bertz CT molecular complexity index is 513. The molecule has 1 rings (SSSR count). The predicted molar refractivity (Wildman–Crippen MR) is 88.6 cm³/mol. The second kappa shape index (κ2) is 8.15. The molecular formula is C16H24ClN3O2. The largest absolute Gasteiger partial charge is 0.354 e. The van der Waals surface area contributed by atoms with Gasteiger partial charge in [-0.1, -0.05) is 23.7 Å². The number of hydrogen-bond acceptors (Lipinski definition) is 3. The van der Waals surface area contributed by atoms with Gasteiger partial charge in [0.2, 0.25) is 11.8 Å². The molecule has 0 spiro atoms. The zero-order valence-corrected chi connectivity index (χ0v) is 14.3. The number of benzene rings is 1. The summed E-state index contributed by atoms with van der Waals surface area (Å²) in [6, 6.07) is 7.21. The Hall–Kier alpha value is -1.59. The Morgan fingerprint density at radius 1 is 1.09 bits per heavy atom. The number of nitrogens with one attached hydrogen (secondary N) is 2. The molecule has 0 atom stereocenters. The van der Waals surface area contributed by atoms with Gasteiger partial charge in [-0.25, -0.2) is 0 Å². The van der Waals surface area contributed by atoms with Gasteiger partial charge >= 0.3 is 0 Å². The van der Waals surface area contributed by atoms with E-state index in [0.717, 1.165) is 12.1 Å². The van der Waals surface area contributed by atoms with Crippen molar-refractivity contribution in [2.45, 2.75) is 20.4 Å². The molecule has 6 heteroatoms. The fourth-order valence-corrected chi connectivity index (χ4v) is 1.85. The van der Waals surface area contributed by atoms with Gasteiger partial charge in [0.25, 0.3) is 0 Å². The SMILES string of the molecule is CN(C)CCNC(=O)C(C)(C)C(=O)NCc1ccc(Cl)cc1. The number of halogens is 1. The number of nitrogens with zero attached hydrogens (tertiary/aromatic N) is 1. The molecule has 0 radical (unpaired) electrons. The summed E-state index contributed by atoms with van der Waals surface area (Å²) < 4.78 is 0. The average Bonchev–Trinajstić information content (AvgIpc) is 2.45. The Morgan fingerprint density at radius 2 is 1.64 bits per heavy atom. The summed E-state index contributed by atoms with van der Waals surface area (Å²) in [6.45, 7) is 4.85. The molecule has 1 aromatic carbocycles. The molecule has 2 N–H and O–H groups in total. The first-order valence-corrected chi connectivity index (χ1v) is 7.57. The van der Waals surface area contributed by atoms with Crippen LogP contribution in [0.4, 0.5) is 0 Å². The van der Waals surface area contributed by atoms with Gasteiger partial charge in [-0.2, -0.15) is 0 Å². The second-order valence-electron chi connectivity index (χ2n) is 5.99. The van der Waals surface area contributed by atoms with Gasteiger partial charge in [0.1, 0.15) is 5.41 Å². The number of rotatable bonds is 7. The molecule has 0 saturated carbocycles. The van der Waals surface area contributed by atoms with Gasteiger partial charge in [-0.15, -0.1) is 0 Å². The smallest absolute Gasteiger partial charge is 0.235 e. The fraction of sp³-hybridized carbons (Fsp3) is 0.500. The molecular weight excluding hydrogens is 302 g/mol. The zero-order valence-electron chi connectivity index (χ0n) is 13.6. The maximum atomic E-state index is 12.2. The minimum atomic E-state index is -1.11. The number of carbonyl (C=O) groups excluding carboxylic acids is 2. The average molecular weight is 326 g/mol. The molecule has 0 heterocycles. The van der Waals surface area contributed by atoms with Crippen molar-refractivity contribution in [3.8, 4) is 0 Å². The van der Waals surface area contributed by atoms with Crippen molar-refractivity contribution >= 4 is 23.4 Å². The molecule has 0 aliphatic carbocycles. The van der Waals surface area contributed by atoms with Crippen molar-refractivity contribution in [3.63, 3.8) is 0 Å². The second-order valence-corrected chi connectivity index (χ2v) is 6.43. The molecule has 0 unspecified atom stereocenters. The molecule has 0 aromatic heterocycles. The van der Waals surface area contributed by atoms with Gasteiger partial charge in [0, 0.05) is 24.7 Å². The van der Waals surface area contributed by atoms with Gasteiger partial charge in [-0.05, 0) is 45.6 Å². The Labute approximate surface area is 137 Å². The van der Waals surface area contributed by atoms with Gasteiger partial charge in [-0.3, -0.25) is 9.59 Å². The van der Waals surface area contributed by atoms with Crippen molar-refractivity contribution < 1.29 is 9.59 Å². The first-order chi connectivity index (χ1) is 10.2. The number of hydrogen-bond donors (Lipinski definition) is 2. The molecule has 1 aromatic rings. The monoisotopic (exact) mass is 325 g/mol. The third kappa shape index (κ3) is 5.66. The Balaban J connectivity index is 2.50. The van der Waals surface area contributed by atoms with Crippen molar-refractivity contribution in [1.29, 1.82) is 0 Å². The lowest BCUT2D eigenvalue weighted by molar-refractivity contribution is -0.141. The van der Waals surface area contributed by atoms with Crippen LogP contribution in [0, 0.1) is 5.41 Å². The predicted octanol–water partition coefficient (Wildman–Crippen LogP) is 1.66. The van der Waals surface area contributed by atoms with Gasteiger partial charge in [0.15, 0.2) is 0 Å². The maximum Gasteiger partial charge on any atom is 0.235 e. The van der Waals surface area contributed by atoms with E-state index in [-0.39, 0.29) is 11.8 Å². The van der Waals surface area contributed by atoms with E-state index in [2.05, 4.69) is 10.6 Å². The molecule has 0 bridgehead atoms. The highest BCUT2D eigenvalue weighted by atomic mass is 35.5. The molecule has 2 amide bonds. The molecule has 5 nitrogen and oxygen atoms in total. The van der Waals surface area contributed by atoms with E-state index in [9.17, 15) is 9.59 Å². The molecule has 0 saturated heterocycles. The quantitative estimate of drug-likeness (QED) is 0.750. The van der Waals surface area contributed by atoms with Crippen LogP contribution in [0.1, 0.15) is 19.4 Å². The number of carbonyl (C=O) groups is 2. The van der Waals surface area contributed by atoms with E-state index >= 15 is 0 Å². The summed E-state index contributed by atoms with van der Waals surface area (Å²) in [7, 11) is 3.85. The minimum Gasteiger partial charge on any atom is -0.354 e. The third-order valence-electron chi connectivity index (χ3n) is 3.35. The third-order valence-corrected chi connectivity index (χ3v) is 3.60. The minimum absolute atomic E-state index is 0.275. The highest BCUT2D eigenvalue weighted by molar-refractivity contribution is 6.30. The molecule has 122 valence electrons. The first-order valence-electron chi connectivity index (χ1n) is 7.19. The summed E-state index contributed by atoms with van der Waals surface area (Å²) in [6.07, 6.45) is 0. The lowest BCUT2D eigenvalue weighted by atomic mass is 9.91. The molecule has 0 aliphatic heterocycles.